The summed E-state index contributed by atoms with van der Waals surface area (Å²) in [7, 11) is 0. The highest BCUT2D eigenvalue weighted by molar-refractivity contribution is 4.92. The highest BCUT2D eigenvalue weighted by Crippen LogP contribution is 2.51. The maximum Gasteiger partial charge on any atom is -0.0337 e. The lowest BCUT2D eigenvalue weighted by atomic mass is 9.56. The average Bonchev–Trinajstić information content (AvgIpc) is 2.43. The van der Waals surface area contributed by atoms with Crippen molar-refractivity contribution >= 4 is 0 Å². The molecular formula is C22H42. The van der Waals surface area contributed by atoms with Crippen molar-refractivity contribution in [2.45, 2.75) is 87.0 Å². The van der Waals surface area contributed by atoms with Gasteiger partial charge in [0.05, 0.1) is 0 Å². The normalized spacial score (nSPS) is 40.9. The molecule has 22 heavy (non-hydrogen) atoms. The van der Waals surface area contributed by atoms with Crippen molar-refractivity contribution in [2.24, 2.45) is 53.3 Å². The zero-order chi connectivity index (χ0) is 16.4. The van der Waals surface area contributed by atoms with Crippen LogP contribution in [-0.2, 0) is 0 Å². The van der Waals surface area contributed by atoms with Crippen molar-refractivity contribution < 1.29 is 0 Å². The molecule has 2 aliphatic rings. The summed E-state index contributed by atoms with van der Waals surface area (Å²) in [6, 6.07) is 0. The summed E-state index contributed by atoms with van der Waals surface area (Å²) < 4.78 is 0. The van der Waals surface area contributed by atoms with Crippen LogP contribution >= 0.6 is 0 Å². The molecule has 2 saturated carbocycles. The van der Waals surface area contributed by atoms with Crippen LogP contribution in [0.25, 0.3) is 0 Å². The van der Waals surface area contributed by atoms with Crippen LogP contribution in [0.4, 0.5) is 0 Å². The van der Waals surface area contributed by atoms with Gasteiger partial charge in [0.1, 0.15) is 0 Å². The molecule has 0 aromatic carbocycles. The minimum absolute atomic E-state index is 0.897. The SMILES string of the molecule is CCC(C)C(C)CC1CC(C)C1CCC1CC(C)C1C(C)C. The molecule has 0 spiro atoms. The molecule has 0 amide bonds. The standard InChI is InChI=1S/C22H42/c1-8-15(4)16(5)11-20-12-17(6)21(20)10-9-19-13-18(7)22(19)14(2)3/h14-22H,8-13H2,1-7H3. The molecule has 8 atom stereocenters. The quantitative estimate of drug-likeness (QED) is 0.451. The molecule has 0 nitrogen and oxygen atoms in total. The van der Waals surface area contributed by atoms with Gasteiger partial charge in [0, 0.05) is 0 Å². The largest absolute Gasteiger partial charge is 0.0651 e. The van der Waals surface area contributed by atoms with Crippen molar-refractivity contribution in [3.05, 3.63) is 0 Å². The molecule has 0 saturated heterocycles. The van der Waals surface area contributed by atoms with E-state index in [4.69, 9.17) is 0 Å². The van der Waals surface area contributed by atoms with Gasteiger partial charge in [0.2, 0.25) is 0 Å². The Morgan fingerprint density at radius 2 is 1.45 bits per heavy atom. The van der Waals surface area contributed by atoms with Crippen molar-refractivity contribution in [1.82, 2.24) is 0 Å². The first kappa shape index (κ1) is 18.3. The molecule has 0 aromatic rings. The van der Waals surface area contributed by atoms with E-state index in [9.17, 15) is 0 Å². The first-order chi connectivity index (χ1) is 10.3. The minimum Gasteiger partial charge on any atom is -0.0651 e. The van der Waals surface area contributed by atoms with Crippen LogP contribution in [-0.4, -0.2) is 0 Å². The Labute approximate surface area is 140 Å². The summed E-state index contributed by atoms with van der Waals surface area (Å²) in [6.07, 6.45) is 8.93. The summed E-state index contributed by atoms with van der Waals surface area (Å²) in [6.45, 7) is 17.2. The second-order valence-corrected chi connectivity index (χ2v) is 9.61. The minimum atomic E-state index is 0.897. The van der Waals surface area contributed by atoms with E-state index in [1.54, 1.807) is 0 Å². The molecule has 0 N–H and O–H groups in total. The number of rotatable bonds is 8. The Balaban J connectivity index is 1.77. The molecule has 2 fully saturated rings. The first-order valence-electron chi connectivity index (χ1n) is 10.3. The topological polar surface area (TPSA) is 0 Å². The fourth-order valence-corrected chi connectivity index (χ4v) is 5.98. The maximum atomic E-state index is 2.51. The molecule has 130 valence electrons. The molecule has 0 radical (unpaired) electrons. The van der Waals surface area contributed by atoms with Crippen LogP contribution < -0.4 is 0 Å². The summed E-state index contributed by atoms with van der Waals surface area (Å²) in [5.41, 5.74) is 0. The zero-order valence-electron chi connectivity index (χ0n) is 16.4. The predicted molar refractivity (Wildman–Crippen MR) is 98.8 cm³/mol. The van der Waals surface area contributed by atoms with Crippen LogP contribution in [0, 0.1) is 53.3 Å². The Kier molecular flexibility index (Phi) is 6.43. The van der Waals surface area contributed by atoms with E-state index in [2.05, 4.69) is 48.5 Å². The lowest BCUT2D eigenvalue weighted by Crippen LogP contribution is -2.41. The van der Waals surface area contributed by atoms with Crippen molar-refractivity contribution in [2.75, 3.05) is 0 Å². The Bertz CT molecular complexity index is 326. The van der Waals surface area contributed by atoms with Gasteiger partial charge in [-0.1, -0.05) is 54.9 Å². The van der Waals surface area contributed by atoms with Gasteiger partial charge in [0.15, 0.2) is 0 Å². The van der Waals surface area contributed by atoms with E-state index in [1.807, 2.05) is 0 Å². The van der Waals surface area contributed by atoms with E-state index in [1.165, 1.54) is 38.5 Å². The lowest BCUT2D eigenvalue weighted by molar-refractivity contribution is 0.00348. The van der Waals surface area contributed by atoms with Crippen LogP contribution in [0.15, 0.2) is 0 Å². The smallest absolute Gasteiger partial charge is 0.0337 e. The molecule has 0 heterocycles. The molecule has 2 rings (SSSR count). The van der Waals surface area contributed by atoms with Gasteiger partial charge in [-0.05, 0) is 85.4 Å². The number of hydrogen-bond donors (Lipinski definition) is 0. The third kappa shape index (κ3) is 3.90. The monoisotopic (exact) mass is 306 g/mol. The summed E-state index contributed by atoms with van der Waals surface area (Å²) >= 11 is 0. The van der Waals surface area contributed by atoms with E-state index in [-0.39, 0.29) is 0 Å². The fourth-order valence-electron chi connectivity index (χ4n) is 5.98. The summed E-state index contributed by atoms with van der Waals surface area (Å²) in [4.78, 5) is 0. The van der Waals surface area contributed by atoms with E-state index >= 15 is 0 Å². The maximum absolute atomic E-state index is 2.51. The molecule has 0 bridgehead atoms. The molecule has 0 aromatic heterocycles. The van der Waals surface area contributed by atoms with Crippen LogP contribution in [0.2, 0.25) is 0 Å². The van der Waals surface area contributed by atoms with E-state index in [0.717, 1.165) is 53.3 Å². The third-order valence-corrected chi connectivity index (χ3v) is 7.82. The second kappa shape index (κ2) is 7.71. The predicted octanol–water partition coefficient (Wildman–Crippen LogP) is 7.04. The van der Waals surface area contributed by atoms with Gasteiger partial charge in [-0.3, -0.25) is 0 Å². The van der Waals surface area contributed by atoms with Gasteiger partial charge in [-0.2, -0.15) is 0 Å². The molecule has 2 aliphatic carbocycles. The highest BCUT2D eigenvalue weighted by atomic mass is 14.5. The summed E-state index contributed by atoms with van der Waals surface area (Å²) in [5.74, 6) is 8.90. The van der Waals surface area contributed by atoms with Crippen molar-refractivity contribution in [3.8, 4) is 0 Å². The van der Waals surface area contributed by atoms with Crippen LogP contribution in [0.5, 0.6) is 0 Å². The highest BCUT2D eigenvalue weighted by Gasteiger charge is 2.42. The van der Waals surface area contributed by atoms with E-state index in [0.29, 0.717) is 0 Å². The summed E-state index contributed by atoms with van der Waals surface area (Å²) in [5, 5.41) is 0. The Hall–Kier alpha value is 0. The van der Waals surface area contributed by atoms with Gasteiger partial charge in [-0.15, -0.1) is 0 Å². The van der Waals surface area contributed by atoms with Crippen molar-refractivity contribution in [3.63, 3.8) is 0 Å². The molecule has 8 unspecified atom stereocenters. The average molecular weight is 307 g/mol. The fraction of sp³-hybridized carbons (Fsp3) is 1.00. The van der Waals surface area contributed by atoms with Gasteiger partial charge >= 0.3 is 0 Å². The Morgan fingerprint density at radius 3 is 1.95 bits per heavy atom. The van der Waals surface area contributed by atoms with Crippen molar-refractivity contribution in [1.29, 1.82) is 0 Å². The Morgan fingerprint density at radius 1 is 0.818 bits per heavy atom. The molecule has 0 heteroatoms. The number of hydrogen-bond acceptors (Lipinski definition) is 0. The van der Waals surface area contributed by atoms with Gasteiger partial charge < -0.3 is 0 Å². The molecular weight excluding hydrogens is 264 g/mol. The third-order valence-electron chi connectivity index (χ3n) is 7.82. The van der Waals surface area contributed by atoms with Gasteiger partial charge in [0.25, 0.3) is 0 Å². The van der Waals surface area contributed by atoms with Gasteiger partial charge in [-0.25, -0.2) is 0 Å². The molecule has 0 aliphatic heterocycles. The zero-order valence-corrected chi connectivity index (χ0v) is 16.4. The van der Waals surface area contributed by atoms with E-state index < -0.39 is 0 Å². The van der Waals surface area contributed by atoms with Crippen LogP contribution in [0.3, 0.4) is 0 Å². The van der Waals surface area contributed by atoms with Crippen LogP contribution in [0.1, 0.15) is 87.0 Å². The second-order valence-electron chi connectivity index (χ2n) is 9.61. The first-order valence-corrected chi connectivity index (χ1v) is 10.3. The lowest BCUT2D eigenvalue weighted by Gasteiger charge is -2.49.